The highest BCUT2D eigenvalue weighted by molar-refractivity contribution is 6.29. The molecule has 1 rings (SSSR count). The largest absolute Gasteiger partial charge is 0.0898 e. The van der Waals surface area contributed by atoms with Crippen LogP contribution in [0.1, 0.15) is 23.1 Å². The quantitative estimate of drug-likeness (QED) is 0.683. The van der Waals surface area contributed by atoms with Crippen molar-refractivity contribution in [2.24, 2.45) is 0 Å². The highest BCUT2D eigenvalue weighted by Gasteiger charge is 1.98. The summed E-state index contributed by atoms with van der Waals surface area (Å²) >= 11 is 5.72. The molecular weight excluding hydrogens is 180 g/mol. The van der Waals surface area contributed by atoms with E-state index in [0.717, 1.165) is 17.9 Å². The summed E-state index contributed by atoms with van der Waals surface area (Å²) in [6, 6.07) is 6.51. The van der Waals surface area contributed by atoms with Crippen LogP contribution in [0.25, 0.3) is 0 Å². The van der Waals surface area contributed by atoms with Gasteiger partial charge in [0.2, 0.25) is 0 Å². The molecule has 0 saturated heterocycles. The Morgan fingerprint density at radius 3 is 2.62 bits per heavy atom. The lowest BCUT2D eigenvalue weighted by Crippen LogP contribution is -1.90. The maximum Gasteiger partial charge on any atom is 0.0112 e. The highest BCUT2D eigenvalue weighted by Crippen LogP contribution is 2.15. The van der Waals surface area contributed by atoms with Crippen LogP contribution in [-0.4, -0.2) is 0 Å². The lowest BCUT2D eigenvalue weighted by atomic mass is 10.0. The van der Waals surface area contributed by atoms with Crippen LogP contribution in [0.4, 0.5) is 0 Å². The van der Waals surface area contributed by atoms with Gasteiger partial charge in [-0.25, -0.2) is 0 Å². The molecule has 1 aromatic carbocycles. The number of rotatable bonds is 3. The molecule has 0 spiro atoms. The molecule has 0 fully saturated rings. The normalized spacial score (nSPS) is 10.1. The summed E-state index contributed by atoms with van der Waals surface area (Å²) < 4.78 is 0. The van der Waals surface area contributed by atoms with Gasteiger partial charge in [-0.05, 0) is 37.8 Å². The topological polar surface area (TPSA) is 0 Å². The van der Waals surface area contributed by atoms with Gasteiger partial charge in [-0.3, -0.25) is 0 Å². The fourth-order valence-electron chi connectivity index (χ4n) is 1.40. The molecule has 0 heterocycles. The van der Waals surface area contributed by atoms with Crippen molar-refractivity contribution in [2.75, 3.05) is 0 Å². The van der Waals surface area contributed by atoms with E-state index in [1.54, 1.807) is 0 Å². The predicted octanol–water partition coefficient (Wildman–Crippen LogP) is 3.99. The van der Waals surface area contributed by atoms with Crippen molar-refractivity contribution in [1.29, 1.82) is 0 Å². The molecule has 0 N–H and O–H groups in total. The maximum atomic E-state index is 5.72. The Morgan fingerprint density at radius 1 is 1.38 bits per heavy atom. The van der Waals surface area contributed by atoms with E-state index in [1.807, 2.05) is 0 Å². The second-order valence-electron chi connectivity index (χ2n) is 3.45. The minimum atomic E-state index is 0.736. The van der Waals surface area contributed by atoms with E-state index in [9.17, 15) is 0 Å². The van der Waals surface area contributed by atoms with Crippen LogP contribution >= 0.6 is 11.6 Å². The van der Waals surface area contributed by atoms with E-state index >= 15 is 0 Å². The lowest BCUT2D eigenvalue weighted by molar-refractivity contribution is 0.974. The number of aryl methyl sites for hydroxylation is 3. The van der Waals surface area contributed by atoms with Crippen molar-refractivity contribution >= 4 is 11.6 Å². The zero-order chi connectivity index (χ0) is 9.84. The van der Waals surface area contributed by atoms with Crippen molar-refractivity contribution in [2.45, 2.75) is 26.7 Å². The van der Waals surface area contributed by atoms with Gasteiger partial charge in [0.1, 0.15) is 0 Å². The van der Waals surface area contributed by atoms with Gasteiger partial charge in [0.05, 0.1) is 0 Å². The first-order valence-electron chi connectivity index (χ1n) is 4.49. The molecule has 0 unspecified atom stereocenters. The Morgan fingerprint density at radius 2 is 2.08 bits per heavy atom. The van der Waals surface area contributed by atoms with E-state index in [4.69, 9.17) is 11.6 Å². The van der Waals surface area contributed by atoms with Crippen LogP contribution < -0.4 is 0 Å². The van der Waals surface area contributed by atoms with E-state index in [-0.39, 0.29) is 0 Å². The molecule has 0 aliphatic carbocycles. The molecule has 0 aliphatic heterocycles. The Labute approximate surface area is 85.2 Å². The van der Waals surface area contributed by atoms with Crippen LogP contribution in [-0.2, 0) is 6.42 Å². The second kappa shape index (κ2) is 4.48. The molecule has 0 atom stereocenters. The molecule has 0 amide bonds. The summed E-state index contributed by atoms with van der Waals surface area (Å²) in [5.41, 5.74) is 4.02. The Hall–Kier alpha value is -0.750. The van der Waals surface area contributed by atoms with Gasteiger partial charge in [0, 0.05) is 5.03 Å². The first-order chi connectivity index (χ1) is 6.09. The average Bonchev–Trinajstić information content (AvgIpc) is 2.02. The van der Waals surface area contributed by atoms with Gasteiger partial charge in [-0.15, -0.1) is 0 Å². The number of hydrogen-bond acceptors (Lipinski definition) is 0. The number of hydrogen-bond donors (Lipinski definition) is 0. The molecule has 0 bridgehead atoms. The summed E-state index contributed by atoms with van der Waals surface area (Å²) in [4.78, 5) is 0. The van der Waals surface area contributed by atoms with Crippen molar-refractivity contribution in [3.8, 4) is 0 Å². The predicted molar refractivity (Wildman–Crippen MR) is 59.2 cm³/mol. The molecule has 0 saturated carbocycles. The summed E-state index contributed by atoms with van der Waals surface area (Å²) in [7, 11) is 0. The number of allylic oxidation sites excluding steroid dienone is 1. The first-order valence-corrected chi connectivity index (χ1v) is 4.87. The third kappa shape index (κ3) is 3.23. The summed E-state index contributed by atoms with van der Waals surface area (Å²) in [5.74, 6) is 0. The fraction of sp³-hybridized carbons (Fsp3) is 0.333. The monoisotopic (exact) mass is 194 g/mol. The minimum absolute atomic E-state index is 0.736. The van der Waals surface area contributed by atoms with Crippen molar-refractivity contribution < 1.29 is 0 Å². The zero-order valence-electron chi connectivity index (χ0n) is 8.23. The zero-order valence-corrected chi connectivity index (χ0v) is 8.99. The molecule has 70 valence electrons. The summed E-state index contributed by atoms with van der Waals surface area (Å²) in [5, 5.41) is 0.736. The minimum Gasteiger partial charge on any atom is -0.0898 e. The van der Waals surface area contributed by atoms with Crippen LogP contribution in [0, 0.1) is 13.8 Å². The van der Waals surface area contributed by atoms with Crippen LogP contribution in [0.3, 0.4) is 0 Å². The molecule has 0 radical (unpaired) electrons. The van der Waals surface area contributed by atoms with Crippen molar-refractivity contribution in [3.63, 3.8) is 0 Å². The molecule has 0 aromatic heterocycles. The standard InChI is InChI=1S/C12H15Cl/c1-9-4-6-12(10(2)8-9)7-5-11(3)13/h4,6,8H,3,5,7H2,1-2H3. The Bertz CT molecular complexity index is 313. The van der Waals surface area contributed by atoms with Crippen LogP contribution in [0.2, 0.25) is 0 Å². The van der Waals surface area contributed by atoms with Crippen molar-refractivity contribution in [3.05, 3.63) is 46.5 Å². The molecular formula is C12H15Cl. The van der Waals surface area contributed by atoms with E-state index < -0.39 is 0 Å². The van der Waals surface area contributed by atoms with Gasteiger partial charge in [0.15, 0.2) is 0 Å². The average molecular weight is 195 g/mol. The van der Waals surface area contributed by atoms with Gasteiger partial charge < -0.3 is 0 Å². The summed E-state index contributed by atoms with van der Waals surface area (Å²) in [6.45, 7) is 7.93. The smallest absolute Gasteiger partial charge is 0.0112 e. The lowest BCUT2D eigenvalue weighted by Gasteiger charge is -2.05. The summed E-state index contributed by atoms with van der Waals surface area (Å²) in [6.07, 6.45) is 1.86. The Balaban J connectivity index is 2.72. The fourth-order valence-corrected chi connectivity index (χ4v) is 1.49. The molecule has 1 heteroatoms. The van der Waals surface area contributed by atoms with E-state index in [2.05, 4.69) is 38.6 Å². The maximum absolute atomic E-state index is 5.72. The van der Waals surface area contributed by atoms with E-state index in [0.29, 0.717) is 0 Å². The first kappa shape index (κ1) is 10.3. The third-order valence-electron chi connectivity index (χ3n) is 2.16. The van der Waals surface area contributed by atoms with Gasteiger partial charge in [-0.2, -0.15) is 0 Å². The molecule has 0 aliphatic rings. The van der Waals surface area contributed by atoms with Crippen LogP contribution in [0.15, 0.2) is 29.8 Å². The third-order valence-corrected chi connectivity index (χ3v) is 2.35. The Kier molecular flexibility index (Phi) is 3.56. The molecule has 13 heavy (non-hydrogen) atoms. The highest BCUT2D eigenvalue weighted by atomic mass is 35.5. The molecule has 1 aromatic rings. The van der Waals surface area contributed by atoms with Gasteiger partial charge in [0.25, 0.3) is 0 Å². The van der Waals surface area contributed by atoms with Gasteiger partial charge in [-0.1, -0.05) is 41.9 Å². The van der Waals surface area contributed by atoms with Crippen molar-refractivity contribution in [1.82, 2.24) is 0 Å². The number of halogens is 1. The van der Waals surface area contributed by atoms with E-state index in [1.165, 1.54) is 16.7 Å². The van der Waals surface area contributed by atoms with Crippen LogP contribution in [0.5, 0.6) is 0 Å². The van der Waals surface area contributed by atoms with Gasteiger partial charge >= 0.3 is 0 Å². The number of benzene rings is 1. The SMILES string of the molecule is C=C(Cl)CCc1ccc(C)cc1C. The molecule has 0 nitrogen and oxygen atoms in total. The second-order valence-corrected chi connectivity index (χ2v) is 3.98.